The highest BCUT2D eigenvalue weighted by molar-refractivity contribution is 7.17. The number of esters is 1. The monoisotopic (exact) mass is 449 g/mol. The second kappa shape index (κ2) is 10.5. The van der Waals surface area contributed by atoms with E-state index in [0.717, 1.165) is 22.6 Å². The zero-order valence-electron chi connectivity index (χ0n) is 18.0. The quantitative estimate of drug-likeness (QED) is 0.133. The van der Waals surface area contributed by atoms with Crippen molar-refractivity contribution in [2.45, 2.75) is 20.8 Å². The number of hydrogen-bond donors (Lipinski definition) is 2. The molecule has 7 nitrogen and oxygen atoms in total. The summed E-state index contributed by atoms with van der Waals surface area (Å²) in [6, 6.07) is 18.1. The number of aliphatic hydroxyl groups excluding tert-OH is 1. The highest BCUT2D eigenvalue weighted by Gasteiger charge is 2.22. The van der Waals surface area contributed by atoms with Gasteiger partial charge < -0.3 is 15.2 Å². The van der Waals surface area contributed by atoms with Crippen LogP contribution in [-0.2, 0) is 9.53 Å². The second-order valence-corrected chi connectivity index (χ2v) is 7.91. The Morgan fingerprint density at radius 3 is 2.41 bits per heavy atom. The molecule has 0 spiro atoms. The SMILES string of the molecule is CCOC(=O)/C(N=Nc1ccc(C)cc1)=C(/O)c1cc(C(C)=O)c(Nc2ccccc2)s1. The number of carbonyl (C=O) groups excluding carboxylic acids is 2. The Bertz CT molecular complexity index is 1170. The average Bonchev–Trinajstić information content (AvgIpc) is 3.20. The zero-order valence-corrected chi connectivity index (χ0v) is 18.8. The van der Waals surface area contributed by atoms with Gasteiger partial charge in [0.1, 0.15) is 5.00 Å². The number of para-hydroxylation sites is 1. The van der Waals surface area contributed by atoms with Crippen molar-refractivity contribution in [3.63, 3.8) is 0 Å². The van der Waals surface area contributed by atoms with Gasteiger partial charge in [0.15, 0.2) is 11.5 Å². The van der Waals surface area contributed by atoms with Crippen molar-refractivity contribution >= 4 is 45.2 Å². The van der Waals surface area contributed by atoms with Crippen LogP contribution in [0.3, 0.4) is 0 Å². The number of carbonyl (C=O) groups is 2. The number of aliphatic hydroxyl groups is 1. The molecule has 0 amide bonds. The molecule has 0 fully saturated rings. The molecule has 0 unspecified atom stereocenters. The van der Waals surface area contributed by atoms with Gasteiger partial charge in [-0.3, -0.25) is 4.79 Å². The molecular formula is C24H23N3O4S. The topological polar surface area (TPSA) is 100 Å². The third-order valence-corrected chi connectivity index (χ3v) is 5.43. The Hall–Kier alpha value is -3.78. The number of aryl methyl sites for hydroxylation is 1. The van der Waals surface area contributed by atoms with Crippen LogP contribution < -0.4 is 5.32 Å². The molecule has 0 aliphatic heterocycles. The molecule has 0 aliphatic rings. The van der Waals surface area contributed by atoms with Gasteiger partial charge in [-0.2, -0.15) is 5.11 Å². The first-order chi connectivity index (χ1) is 15.4. The maximum atomic E-state index is 12.5. The van der Waals surface area contributed by atoms with Crippen LogP contribution >= 0.6 is 11.3 Å². The molecule has 32 heavy (non-hydrogen) atoms. The van der Waals surface area contributed by atoms with Gasteiger partial charge in [-0.05, 0) is 51.1 Å². The van der Waals surface area contributed by atoms with Crippen molar-refractivity contribution in [3.05, 3.63) is 82.4 Å². The van der Waals surface area contributed by atoms with Crippen LogP contribution in [0.1, 0.15) is 34.6 Å². The third-order valence-electron chi connectivity index (χ3n) is 4.37. The number of benzene rings is 2. The smallest absolute Gasteiger partial charge is 0.362 e. The number of azo groups is 1. The summed E-state index contributed by atoms with van der Waals surface area (Å²) in [5.41, 5.74) is 2.42. The fraction of sp³-hybridized carbons (Fsp3) is 0.167. The lowest BCUT2D eigenvalue weighted by molar-refractivity contribution is -0.138. The van der Waals surface area contributed by atoms with Crippen LogP contribution in [0.15, 0.2) is 76.6 Å². The minimum absolute atomic E-state index is 0.111. The zero-order chi connectivity index (χ0) is 23.1. The van der Waals surface area contributed by atoms with Gasteiger partial charge in [-0.1, -0.05) is 35.9 Å². The molecule has 0 saturated carbocycles. The lowest BCUT2D eigenvalue weighted by atomic mass is 10.2. The lowest BCUT2D eigenvalue weighted by Crippen LogP contribution is -2.08. The first-order valence-electron chi connectivity index (χ1n) is 9.95. The minimum atomic E-state index is -0.809. The molecule has 2 aromatic carbocycles. The predicted molar refractivity (Wildman–Crippen MR) is 126 cm³/mol. The van der Waals surface area contributed by atoms with Gasteiger partial charge in [0.2, 0.25) is 5.70 Å². The van der Waals surface area contributed by atoms with Crippen molar-refractivity contribution in [1.82, 2.24) is 0 Å². The first-order valence-corrected chi connectivity index (χ1v) is 10.8. The largest absolute Gasteiger partial charge is 0.504 e. The highest BCUT2D eigenvalue weighted by atomic mass is 32.1. The molecule has 3 aromatic rings. The van der Waals surface area contributed by atoms with Gasteiger partial charge in [0, 0.05) is 5.69 Å². The molecule has 0 atom stereocenters. The van der Waals surface area contributed by atoms with E-state index in [0.29, 0.717) is 21.1 Å². The molecule has 0 aliphatic carbocycles. The fourth-order valence-corrected chi connectivity index (χ4v) is 3.81. The molecule has 8 heteroatoms. The maximum absolute atomic E-state index is 12.5. The number of nitrogens with one attached hydrogen (secondary N) is 1. The molecule has 164 valence electrons. The van der Waals surface area contributed by atoms with E-state index in [-0.39, 0.29) is 18.1 Å². The Balaban J connectivity index is 2.02. The normalized spacial score (nSPS) is 11.8. The van der Waals surface area contributed by atoms with Crippen LogP contribution in [0.2, 0.25) is 0 Å². The summed E-state index contributed by atoms with van der Waals surface area (Å²) in [6.07, 6.45) is 0. The van der Waals surface area contributed by atoms with Gasteiger partial charge in [0.05, 0.1) is 22.7 Å². The van der Waals surface area contributed by atoms with E-state index in [9.17, 15) is 14.7 Å². The number of rotatable bonds is 8. The molecular weight excluding hydrogens is 426 g/mol. The molecule has 0 radical (unpaired) electrons. The summed E-state index contributed by atoms with van der Waals surface area (Å²) < 4.78 is 5.05. The van der Waals surface area contributed by atoms with Crippen molar-refractivity contribution in [3.8, 4) is 0 Å². The number of anilines is 2. The summed E-state index contributed by atoms with van der Waals surface area (Å²) in [4.78, 5) is 24.9. The van der Waals surface area contributed by atoms with E-state index in [1.54, 1.807) is 19.1 Å². The second-order valence-electron chi connectivity index (χ2n) is 6.85. The third kappa shape index (κ3) is 5.67. The van der Waals surface area contributed by atoms with E-state index in [1.807, 2.05) is 49.4 Å². The van der Waals surface area contributed by atoms with Gasteiger partial charge >= 0.3 is 5.97 Å². The molecule has 2 N–H and O–H groups in total. The van der Waals surface area contributed by atoms with Gasteiger partial charge in [0.25, 0.3) is 0 Å². The van der Waals surface area contributed by atoms with Crippen molar-refractivity contribution < 1.29 is 19.4 Å². The Kier molecular flexibility index (Phi) is 7.51. The molecule has 1 aromatic heterocycles. The van der Waals surface area contributed by atoms with Crippen LogP contribution in [-0.4, -0.2) is 23.5 Å². The number of ether oxygens (including phenoxy) is 1. The van der Waals surface area contributed by atoms with Crippen LogP contribution in [0.4, 0.5) is 16.4 Å². The summed E-state index contributed by atoms with van der Waals surface area (Å²) in [5, 5.41) is 22.6. The summed E-state index contributed by atoms with van der Waals surface area (Å²) >= 11 is 1.13. The molecule has 0 bridgehead atoms. The van der Waals surface area contributed by atoms with Crippen LogP contribution in [0, 0.1) is 6.92 Å². The number of thiophene rings is 1. The lowest BCUT2D eigenvalue weighted by Gasteiger charge is -2.05. The van der Waals surface area contributed by atoms with E-state index in [4.69, 9.17) is 4.74 Å². The number of nitrogens with zero attached hydrogens (tertiary/aromatic N) is 2. The summed E-state index contributed by atoms with van der Waals surface area (Å²) in [7, 11) is 0. The van der Waals surface area contributed by atoms with Gasteiger partial charge in [-0.25, -0.2) is 4.79 Å². The standard InChI is InChI=1S/C24H23N3O4S/c1-4-31-24(30)21(27-26-18-12-10-15(2)11-13-18)22(29)20-14-19(16(3)28)23(32-20)25-17-8-6-5-7-9-17/h5-14,25,29H,4H2,1-3H3/b22-21-,27-26?. The van der Waals surface area contributed by atoms with Crippen molar-refractivity contribution in [2.75, 3.05) is 11.9 Å². The minimum Gasteiger partial charge on any atom is -0.504 e. The summed E-state index contributed by atoms with van der Waals surface area (Å²) in [5.74, 6) is -1.40. The average molecular weight is 450 g/mol. The molecule has 0 saturated heterocycles. The van der Waals surface area contributed by atoms with Crippen LogP contribution in [0.25, 0.3) is 5.76 Å². The Morgan fingerprint density at radius 2 is 1.78 bits per heavy atom. The molecule has 1 heterocycles. The maximum Gasteiger partial charge on any atom is 0.362 e. The molecule has 3 rings (SSSR count). The number of Topliss-reactive ketones (excluding diaryl/α,β-unsaturated/α-hetero) is 1. The van der Waals surface area contributed by atoms with E-state index in [1.165, 1.54) is 13.0 Å². The number of ketones is 1. The van der Waals surface area contributed by atoms with Crippen molar-refractivity contribution in [1.29, 1.82) is 0 Å². The van der Waals surface area contributed by atoms with E-state index < -0.39 is 11.7 Å². The Labute approximate surface area is 190 Å². The van der Waals surface area contributed by atoms with Gasteiger partial charge in [-0.15, -0.1) is 16.5 Å². The summed E-state index contributed by atoms with van der Waals surface area (Å²) in [6.45, 7) is 5.15. The van der Waals surface area contributed by atoms with Crippen molar-refractivity contribution in [2.24, 2.45) is 10.2 Å². The van der Waals surface area contributed by atoms with Crippen LogP contribution in [0.5, 0.6) is 0 Å². The number of hydrogen-bond acceptors (Lipinski definition) is 8. The Morgan fingerprint density at radius 1 is 1.09 bits per heavy atom. The first kappa shape index (κ1) is 22.9. The predicted octanol–water partition coefficient (Wildman–Crippen LogP) is 6.58. The van der Waals surface area contributed by atoms with E-state index >= 15 is 0 Å². The van der Waals surface area contributed by atoms with E-state index in [2.05, 4.69) is 15.5 Å². The fourth-order valence-electron chi connectivity index (χ4n) is 2.73. The highest BCUT2D eigenvalue weighted by Crippen LogP contribution is 2.36.